The molecule has 5 heteroatoms. The average Bonchev–Trinajstić information content (AvgIpc) is 3.08. The third kappa shape index (κ3) is 2.88. The first-order valence-electron chi connectivity index (χ1n) is 6.86. The fraction of sp³-hybridized carbons (Fsp3) is 0.0588. The van der Waals surface area contributed by atoms with E-state index in [1.165, 1.54) is 6.07 Å². The minimum Gasteiger partial charge on any atom is -0.348 e. The Morgan fingerprint density at radius 2 is 1.86 bits per heavy atom. The third-order valence-electron chi connectivity index (χ3n) is 3.30. The number of halogens is 1. The van der Waals surface area contributed by atoms with Crippen molar-refractivity contribution < 1.29 is 9.18 Å². The molecule has 0 radical (unpaired) electrons. The van der Waals surface area contributed by atoms with Gasteiger partial charge in [0.25, 0.3) is 5.91 Å². The first-order chi connectivity index (χ1) is 10.8. The number of nitrogens with zero attached hydrogens (tertiary/aromatic N) is 2. The third-order valence-corrected chi connectivity index (χ3v) is 3.30. The molecule has 1 aromatic heterocycles. The van der Waals surface area contributed by atoms with Crippen molar-refractivity contribution in [2.45, 2.75) is 6.54 Å². The first kappa shape index (κ1) is 14.0. The Morgan fingerprint density at radius 1 is 1.09 bits per heavy atom. The molecule has 1 N–H and O–H groups in total. The molecule has 0 saturated heterocycles. The zero-order valence-corrected chi connectivity index (χ0v) is 11.7. The SMILES string of the molecule is O=C(NCc1ccccc1F)c1ccccc1-n1cccn1. The number of carbonyl (C=O) groups excluding carboxylic acids is 1. The zero-order valence-electron chi connectivity index (χ0n) is 11.7. The Bertz CT molecular complexity index is 784. The van der Waals surface area contributed by atoms with E-state index in [2.05, 4.69) is 10.4 Å². The molecule has 0 aliphatic rings. The number of rotatable bonds is 4. The number of carbonyl (C=O) groups is 1. The summed E-state index contributed by atoms with van der Waals surface area (Å²) in [5, 5.41) is 6.88. The highest BCUT2D eigenvalue weighted by atomic mass is 19.1. The molecule has 0 aliphatic carbocycles. The molecule has 0 aliphatic heterocycles. The molecule has 1 heterocycles. The van der Waals surface area contributed by atoms with E-state index in [9.17, 15) is 9.18 Å². The maximum atomic E-state index is 13.6. The lowest BCUT2D eigenvalue weighted by Gasteiger charge is -2.10. The number of benzene rings is 2. The van der Waals surface area contributed by atoms with Crippen LogP contribution in [0.1, 0.15) is 15.9 Å². The van der Waals surface area contributed by atoms with Gasteiger partial charge in [-0.05, 0) is 24.3 Å². The zero-order chi connectivity index (χ0) is 15.4. The second-order valence-electron chi connectivity index (χ2n) is 4.74. The maximum Gasteiger partial charge on any atom is 0.253 e. The van der Waals surface area contributed by atoms with E-state index < -0.39 is 0 Å². The largest absolute Gasteiger partial charge is 0.348 e. The van der Waals surface area contributed by atoms with Crippen molar-refractivity contribution in [3.05, 3.63) is 83.9 Å². The Hall–Kier alpha value is -2.95. The van der Waals surface area contributed by atoms with Crippen molar-refractivity contribution in [3.8, 4) is 5.69 Å². The Labute approximate surface area is 127 Å². The van der Waals surface area contributed by atoms with Gasteiger partial charge in [-0.15, -0.1) is 0 Å². The maximum absolute atomic E-state index is 13.6. The second-order valence-corrected chi connectivity index (χ2v) is 4.74. The molecule has 2 aromatic carbocycles. The molecule has 110 valence electrons. The highest BCUT2D eigenvalue weighted by Crippen LogP contribution is 2.14. The number of aromatic nitrogens is 2. The number of nitrogens with one attached hydrogen (secondary N) is 1. The van der Waals surface area contributed by atoms with Gasteiger partial charge >= 0.3 is 0 Å². The van der Waals surface area contributed by atoms with Crippen molar-refractivity contribution in [3.63, 3.8) is 0 Å². The summed E-state index contributed by atoms with van der Waals surface area (Å²) in [6, 6.07) is 15.3. The highest BCUT2D eigenvalue weighted by Gasteiger charge is 2.12. The van der Waals surface area contributed by atoms with Gasteiger partial charge < -0.3 is 5.32 Å². The summed E-state index contributed by atoms with van der Waals surface area (Å²) in [6.07, 6.45) is 3.41. The fourth-order valence-electron chi connectivity index (χ4n) is 2.19. The number of hydrogen-bond acceptors (Lipinski definition) is 2. The van der Waals surface area contributed by atoms with Gasteiger partial charge in [-0.25, -0.2) is 9.07 Å². The molecule has 0 fully saturated rings. The Balaban J connectivity index is 1.80. The topological polar surface area (TPSA) is 46.9 Å². The van der Waals surface area contributed by atoms with E-state index in [4.69, 9.17) is 0 Å². The minimum absolute atomic E-state index is 0.138. The van der Waals surface area contributed by atoms with E-state index in [-0.39, 0.29) is 18.3 Å². The summed E-state index contributed by atoms with van der Waals surface area (Å²) >= 11 is 0. The van der Waals surface area contributed by atoms with Crippen LogP contribution < -0.4 is 5.32 Å². The Kier molecular flexibility index (Phi) is 3.96. The highest BCUT2D eigenvalue weighted by molar-refractivity contribution is 5.97. The van der Waals surface area contributed by atoms with E-state index in [0.29, 0.717) is 16.8 Å². The lowest BCUT2D eigenvalue weighted by molar-refractivity contribution is 0.0950. The quantitative estimate of drug-likeness (QED) is 0.804. The molecule has 4 nitrogen and oxygen atoms in total. The van der Waals surface area contributed by atoms with Crippen LogP contribution in [0.15, 0.2) is 67.0 Å². The van der Waals surface area contributed by atoms with Gasteiger partial charge in [0.15, 0.2) is 0 Å². The molecule has 0 unspecified atom stereocenters. The molecule has 0 spiro atoms. The van der Waals surface area contributed by atoms with Crippen molar-refractivity contribution in [1.29, 1.82) is 0 Å². The summed E-state index contributed by atoms with van der Waals surface area (Å²) < 4.78 is 15.2. The van der Waals surface area contributed by atoms with Gasteiger partial charge in [0.1, 0.15) is 5.82 Å². The predicted molar refractivity (Wildman–Crippen MR) is 81.1 cm³/mol. The van der Waals surface area contributed by atoms with Crippen LogP contribution in [0.25, 0.3) is 5.69 Å². The molecule has 22 heavy (non-hydrogen) atoms. The summed E-state index contributed by atoms with van der Waals surface area (Å²) in [7, 11) is 0. The lowest BCUT2D eigenvalue weighted by atomic mass is 10.1. The van der Waals surface area contributed by atoms with Crippen molar-refractivity contribution in [2.24, 2.45) is 0 Å². The number of para-hydroxylation sites is 1. The van der Waals surface area contributed by atoms with Crippen LogP contribution in [0, 0.1) is 5.82 Å². The van der Waals surface area contributed by atoms with Gasteiger partial charge in [-0.3, -0.25) is 4.79 Å². The van der Waals surface area contributed by atoms with Crippen LogP contribution in [0.2, 0.25) is 0 Å². The van der Waals surface area contributed by atoms with Crippen LogP contribution >= 0.6 is 0 Å². The van der Waals surface area contributed by atoms with E-state index in [1.54, 1.807) is 53.5 Å². The second kappa shape index (κ2) is 6.22. The molecule has 0 saturated carbocycles. The minimum atomic E-state index is -0.330. The van der Waals surface area contributed by atoms with Crippen LogP contribution in [-0.4, -0.2) is 15.7 Å². The van der Waals surface area contributed by atoms with Gasteiger partial charge in [-0.2, -0.15) is 5.10 Å². The number of hydrogen-bond donors (Lipinski definition) is 1. The van der Waals surface area contributed by atoms with Crippen LogP contribution in [0.3, 0.4) is 0 Å². The fourth-order valence-corrected chi connectivity index (χ4v) is 2.19. The summed E-state index contributed by atoms with van der Waals surface area (Å²) in [5.74, 6) is -0.600. The molecule has 0 atom stereocenters. The van der Waals surface area contributed by atoms with E-state index >= 15 is 0 Å². The van der Waals surface area contributed by atoms with Gasteiger partial charge in [0.05, 0.1) is 11.3 Å². The van der Waals surface area contributed by atoms with Gasteiger partial charge in [-0.1, -0.05) is 30.3 Å². The first-order valence-corrected chi connectivity index (χ1v) is 6.86. The lowest BCUT2D eigenvalue weighted by Crippen LogP contribution is -2.24. The smallest absolute Gasteiger partial charge is 0.253 e. The van der Waals surface area contributed by atoms with Crippen LogP contribution in [-0.2, 0) is 6.54 Å². The Morgan fingerprint density at radius 3 is 2.64 bits per heavy atom. The van der Waals surface area contributed by atoms with Gasteiger partial charge in [0.2, 0.25) is 0 Å². The average molecular weight is 295 g/mol. The molecular weight excluding hydrogens is 281 g/mol. The monoisotopic (exact) mass is 295 g/mol. The van der Waals surface area contributed by atoms with Gasteiger partial charge in [0, 0.05) is 24.5 Å². The van der Waals surface area contributed by atoms with Crippen molar-refractivity contribution >= 4 is 5.91 Å². The molecule has 3 aromatic rings. The predicted octanol–water partition coefficient (Wildman–Crippen LogP) is 2.94. The van der Waals surface area contributed by atoms with E-state index in [1.807, 2.05) is 12.1 Å². The molecule has 0 bridgehead atoms. The van der Waals surface area contributed by atoms with E-state index in [0.717, 1.165) is 0 Å². The normalized spacial score (nSPS) is 10.4. The molecular formula is C17H14FN3O. The van der Waals surface area contributed by atoms with Crippen molar-refractivity contribution in [2.75, 3.05) is 0 Å². The summed E-state index contributed by atoms with van der Waals surface area (Å²) in [5.41, 5.74) is 1.62. The summed E-state index contributed by atoms with van der Waals surface area (Å²) in [4.78, 5) is 12.4. The molecule has 1 amide bonds. The van der Waals surface area contributed by atoms with Crippen molar-refractivity contribution in [1.82, 2.24) is 15.1 Å². The molecule has 3 rings (SSSR count). The number of amides is 1. The standard InChI is InChI=1S/C17H14FN3O/c18-15-8-3-1-6-13(15)12-19-17(22)14-7-2-4-9-16(14)21-11-5-10-20-21/h1-11H,12H2,(H,19,22). The van der Waals surface area contributed by atoms with Crippen LogP contribution in [0.5, 0.6) is 0 Å². The summed E-state index contributed by atoms with van der Waals surface area (Å²) in [6.45, 7) is 0.138. The van der Waals surface area contributed by atoms with Crippen LogP contribution in [0.4, 0.5) is 4.39 Å².